The van der Waals surface area contributed by atoms with Gasteiger partial charge in [-0.1, -0.05) is 20.4 Å². The SMILES string of the molecule is C=C1C(=O)OC2C=C(C)C3(O)CC(O)C(C)(CC(OC(=O)C(C)C)C12)O3. The van der Waals surface area contributed by atoms with Gasteiger partial charge in [0.05, 0.1) is 23.5 Å². The van der Waals surface area contributed by atoms with Crippen LogP contribution in [0.3, 0.4) is 0 Å². The zero-order chi connectivity index (χ0) is 19.4. The van der Waals surface area contributed by atoms with E-state index in [1.54, 1.807) is 33.8 Å². The first-order chi connectivity index (χ1) is 12.0. The number of carbonyl (C=O) groups is 2. The third kappa shape index (κ3) is 2.98. The van der Waals surface area contributed by atoms with E-state index in [1.165, 1.54) is 0 Å². The van der Waals surface area contributed by atoms with Gasteiger partial charge in [-0.2, -0.15) is 0 Å². The second-order valence-electron chi connectivity index (χ2n) is 8.02. The molecule has 0 aromatic heterocycles. The van der Waals surface area contributed by atoms with Gasteiger partial charge in [0.25, 0.3) is 0 Å². The molecule has 7 heteroatoms. The van der Waals surface area contributed by atoms with E-state index >= 15 is 0 Å². The smallest absolute Gasteiger partial charge is 0.334 e. The molecule has 2 saturated heterocycles. The van der Waals surface area contributed by atoms with Crippen molar-refractivity contribution < 1.29 is 34.0 Å². The maximum absolute atomic E-state index is 12.2. The lowest BCUT2D eigenvalue weighted by Crippen LogP contribution is -2.45. The minimum Gasteiger partial charge on any atom is -0.461 e. The van der Waals surface area contributed by atoms with Crippen LogP contribution in [-0.4, -0.2) is 51.9 Å². The average Bonchev–Trinajstić information content (AvgIpc) is 2.93. The van der Waals surface area contributed by atoms with E-state index < -0.39 is 47.6 Å². The number of fused-ring (bicyclic) bond motifs is 3. The molecule has 0 saturated carbocycles. The van der Waals surface area contributed by atoms with Crippen molar-refractivity contribution in [3.05, 3.63) is 23.8 Å². The average molecular weight is 366 g/mol. The second kappa shape index (κ2) is 6.18. The number of aliphatic hydroxyl groups excluding tert-OH is 1. The third-order valence-electron chi connectivity index (χ3n) is 5.61. The highest BCUT2D eigenvalue weighted by Gasteiger charge is 2.58. The summed E-state index contributed by atoms with van der Waals surface area (Å²) in [5, 5.41) is 21.4. The van der Waals surface area contributed by atoms with E-state index in [0.29, 0.717) is 5.57 Å². The molecule has 26 heavy (non-hydrogen) atoms. The van der Waals surface area contributed by atoms with Crippen molar-refractivity contribution in [3.63, 3.8) is 0 Å². The Morgan fingerprint density at radius 2 is 2.08 bits per heavy atom. The summed E-state index contributed by atoms with van der Waals surface area (Å²) in [7, 11) is 0. The van der Waals surface area contributed by atoms with Crippen LogP contribution in [0.5, 0.6) is 0 Å². The normalized spacial score (nSPS) is 42.5. The predicted octanol–water partition coefficient (Wildman–Crippen LogP) is 1.23. The van der Waals surface area contributed by atoms with Crippen molar-refractivity contribution in [2.24, 2.45) is 11.8 Å². The van der Waals surface area contributed by atoms with Gasteiger partial charge in [0, 0.05) is 18.4 Å². The van der Waals surface area contributed by atoms with Gasteiger partial charge in [-0.15, -0.1) is 0 Å². The van der Waals surface area contributed by atoms with Gasteiger partial charge in [-0.3, -0.25) is 4.79 Å². The van der Waals surface area contributed by atoms with Crippen molar-refractivity contribution in [2.45, 2.75) is 70.2 Å². The maximum atomic E-state index is 12.2. The number of hydrogen-bond donors (Lipinski definition) is 2. The fraction of sp³-hybridized carbons (Fsp3) is 0.684. The summed E-state index contributed by atoms with van der Waals surface area (Å²) in [4.78, 5) is 24.3. The Labute approximate surface area is 152 Å². The van der Waals surface area contributed by atoms with Crippen molar-refractivity contribution >= 4 is 11.9 Å². The number of carbonyl (C=O) groups excluding carboxylic acids is 2. The number of esters is 2. The lowest BCUT2D eigenvalue weighted by molar-refractivity contribution is -0.209. The van der Waals surface area contributed by atoms with Gasteiger partial charge < -0.3 is 24.4 Å². The van der Waals surface area contributed by atoms with Crippen LogP contribution in [0.2, 0.25) is 0 Å². The van der Waals surface area contributed by atoms with Gasteiger partial charge in [0.1, 0.15) is 12.2 Å². The summed E-state index contributed by atoms with van der Waals surface area (Å²) in [6, 6.07) is 0. The van der Waals surface area contributed by atoms with Gasteiger partial charge in [-0.05, 0) is 25.5 Å². The molecule has 7 nitrogen and oxygen atoms in total. The zero-order valence-electron chi connectivity index (χ0n) is 15.5. The first-order valence-corrected chi connectivity index (χ1v) is 8.86. The van der Waals surface area contributed by atoms with Crippen molar-refractivity contribution in [1.29, 1.82) is 0 Å². The molecule has 0 spiro atoms. The summed E-state index contributed by atoms with van der Waals surface area (Å²) in [6.07, 6.45) is -0.763. The van der Waals surface area contributed by atoms with Crippen LogP contribution in [0.25, 0.3) is 0 Å². The lowest BCUT2D eigenvalue weighted by Gasteiger charge is -2.34. The van der Waals surface area contributed by atoms with E-state index in [-0.39, 0.29) is 24.3 Å². The molecular formula is C19H26O7. The molecule has 3 aliphatic heterocycles. The van der Waals surface area contributed by atoms with Gasteiger partial charge >= 0.3 is 11.9 Å². The Hall–Kier alpha value is -1.70. The first-order valence-electron chi connectivity index (χ1n) is 8.86. The van der Waals surface area contributed by atoms with Crippen LogP contribution < -0.4 is 0 Å². The molecule has 0 aromatic rings. The molecule has 0 aromatic carbocycles. The number of ether oxygens (including phenoxy) is 3. The standard InChI is InChI=1S/C19H26O7/c1-9(2)16(21)25-13-7-18(5)14(20)8-19(23,26-18)10(3)6-12-15(13)11(4)17(22)24-12/h6,9,12-15,20,23H,4,7-8H2,1-3,5H3. The van der Waals surface area contributed by atoms with E-state index in [9.17, 15) is 19.8 Å². The maximum Gasteiger partial charge on any atom is 0.334 e. The van der Waals surface area contributed by atoms with Crippen molar-refractivity contribution in [3.8, 4) is 0 Å². The molecule has 0 aliphatic carbocycles. The molecule has 3 rings (SSSR count). The summed E-state index contributed by atoms with van der Waals surface area (Å²) < 4.78 is 16.9. The fourth-order valence-corrected chi connectivity index (χ4v) is 3.88. The molecule has 0 amide bonds. The Bertz CT molecular complexity index is 681. The van der Waals surface area contributed by atoms with Crippen LogP contribution >= 0.6 is 0 Å². The van der Waals surface area contributed by atoms with E-state index in [1.807, 2.05) is 0 Å². The topological polar surface area (TPSA) is 102 Å². The van der Waals surface area contributed by atoms with Crippen LogP contribution in [0.15, 0.2) is 23.8 Å². The van der Waals surface area contributed by atoms with E-state index in [2.05, 4.69) is 6.58 Å². The third-order valence-corrected chi connectivity index (χ3v) is 5.61. The predicted molar refractivity (Wildman–Crippen MR) is 90.7 cm³/mol. The Morgan fingerprint density at radius 3 is 2.69 bits per heavy atom. The van der Waals surface area contributed by atoms with E-state index in [4.69, 9.17) is 14.2 Å². The minimum absolute atomic E-state index is 0.0110. The molecular weight excluding hydrogens is 340 g/mol. The largest absolute Gasteiger partial charge is 0.461 e. The fourth-order valence-electron chi connectivity index (χ4n) is 3.88. The molecule has 2 fully saturated rings. The highest BCUT2D eigenvalue weighted by molar-refractivity contribution is 5.91. The molecule has 144 valence electrons. The second-order valence-corrected chi connectivity index (χ2v) is 8.02. The van der Waals surface area contributed by atoms with Crippen LogP contribution in [0, 0.1) is 11.8 Å². The van der Waals surface area contributed by atoms with Gasteiger partial charge in [0.15, 0.2) is 5.79 Å². The quantitative estimate of drug-likeness (QED) is 0.430. The summed E-state index contributed by atoms with van der Waals surface area (Å²) in [6.45, 7) is 10.6. The Morgan fingerprint density at radius 1 is 1.42 bits per heavy atom. The zero-order valence-corrected chi connectivity index (χ0v) is 15.5. The van der Waals surface area contributed by atoms with Crippen molar-refractivity contribution in [1.82, 2.24) is 0 Å². The highest BCUT2D eigenvalue weighted by Crippen LogP contribution is 2.48. The minimum atomic E-state index is -1.66. The first kappa shape index (κ1) is 19.1. The van der Waals surface area contributed by atoms with Crippen LogP contribution in [-0.2, 0) is 23.8 Å². The lowest BCUT2D eigenvalue weighted by atomic mass is 9.80. The molecule has 0 radical (unpaired) electrons. The highest BCUT2D eigenvalue weighted by atomic mass is 16.7. The van der Waals surface area contributed by atoms with Crippen molar-refractivity contribution in [2.75, 3.05) is 0 Å². The van der Waals surface area contributed by atoms with Gasteiger partial charge in [-0.25, -0.2) is 4.79 Å². The molecule has 2 bridgehead atoms. The summed E-state index contributed by atoms with van der Waals surface area (Å²) >= 11 is 0. The summed E-state index contributed by atoms with van der Waals surface area (Å²) in [5.41, 5.74) is -0.496. The van der Waals surface area contributed by atoms with Gasteiger partial charge in [0.2, 0.25) is 0 Å². The number of hydrogen-bond acceptors (Lipinski definition) is 7. The number of aliphatic hydroxyl groups is 2. The Kier molecular flexibility index (Phi) is 4.53. The molecule has 2 N–H and O–H groups in total. The summed E-state index contributed by atoms with van der Waals surface area (Å²) in [5.74, 6) is -3.60. The molecule has 6 atom stereocenters. The van der Waals surface area contributed by atoms with Crippen LogP contribution in [0.1, 0.15) is 40.5 Å². The monoisotopic (exact) mass is 366 g/mol. The van der Waals surface area contributed by atoms with E-state index in [0.717, 1.165) is 0 Å². The molecule has 3 heterocycles. The van der Waals surface area contributed by atoms with Crippen LogP contribution in [0.4, 0.5) is 0 Å². The number of rotatable bonds is 2. The molecule has 3 aliphatic rings. The Balaban J connectivity index is 2.06. The molecule has 6 unspecified atom stereocenters.